The van der Waals surface area contributed by atoms with E-state index in [2.05, 4.69) is 34.6 Å². The molecule has 0 aromatic rings. The second-order valence-corrected chi connectivity index (χ2v) is 7.57. The third-order valence-corrected chi connectivity index (χ3v) is 6.45. The first-order valence-electron chi connectivity index (χ1n) is 7.99. The van der Waals surface area contributed by atoms with E-state index in [0.717, 1.165) is 41.4 Å². The van der Waals surface area contributed by atoms with Crippen LogP contribution in [0.4, 0.5) is 0 Å². The molecule has 100 valence electrons. The van der Waals surface area contributed by atoms with E-state index in [1.807, 2.05) is 0 Å². The summed E-state index contributed by atoms with van der Waals surface area (Å²) in [5.41, 5.74) is 0. The second-order valence-electron chi connectivity index (χ2n) is 7.57. The highest BCUT2D eigenvalue weighted by Crippen LogP contribution is 2.46. The van der Waals surface area contributed by atoms with Gasteiger partial charge in [0, 0.05) is 0 Å². The van der Waals surface area contributed by atoms with Gasteiger partial charge in [-0.2, -0.15) is 0 Å². The van der Waals surface area contributed by atoms with Crippen LogP contribution in [-0.4, -0.2) is 0 Å². The molecule has 0 amide bonds. The van der Waals surface area contributed by atoms with E-state index in [-0.39, 0.29) is 0 Å². The van der Waals surface area contributed by atoms with Crippen LogP contribution in [0.25, 0.3) is 0 Å². The maximum Gasteiger partial charge on any atom is -0.0380 e. The average Bonchev–Trinajstić information content (AvgIpc) is 2.29. The Morgan fingerprint density at radius 2 is 1.06 bits per heavy atom. The minimum Gasteiger partial charge on any atom is -0.0623 e. The zero-order valence-electron chi connectivity index (χ0n) is 12.6. The first kappa shape index (κ1) is 13.4. The zero-order valence-corrected chi connectivity index (χ0v) is 12.6. The molecular weight excluding hydrogens is 204 g/mol. The zero-order chi connectivity index (χ0) is 12.6. The van der Waals surface area contributed by atoms with E-state index in [0.29, 0.717) is 0 Å². The Hall–Kier alpha value is 0. The largest absolute Gasteiger partial charge is 0.0623 e. The molecule has 5 unspecified atom stereocenters. The molecule has 0 saturated heterocycles. The molecule has 0 bridgehead atoms. The summed E-state index contributed by atoms with van der Waals surface area (Å²) in [5, 5.41) is 0. The second kappa shape index (κ2) is 5.33. The van der Waals surface area contributed by atoms with Crippen LogP contribution in [0.1, 0.15) is 66.7 Å². The summed E-state index contributed by atoms with van der Waals surface area (Å²) in [6.07, 6.45) is 7.54. The van der Waals surface area contributed by atoms with Crippen molar-refractivity contribution in [1.82, 2.24) is 0 Å². The predicted molar refractivity (Wildman–Crippen MR) is 75.9 cm³/mol. The topological polar surface area (TPSA) is 0 Å². The van der Waals surface area contributed by atoms with E-state index in [9.17, 15) is 0 Å². The SMILES string of the molecule is CC1CCC(C2CC(C)C(C)C(C)C2)CC1C. The molecule has 0 heteroatoms. The Kier molecular flexibility index (Phi) is 4.21. The van der Waals surface area contributed by atoms with Gasteiger partial charge in [0.05, 0.1) is 0 Å². The van der Waals surface area contributed by atoms with Crippen LogP contribution in [0.15, 0.2) is 0 Å². The standard InChI is InChI=1S/C17H32/c1-11-6-7-16(8-12(11)2)17-9-13(3)15(5)14(4)10-17/h11-17H,6-10H2,1-5H3. The molecular formula is C17H32. The predicted octanol–water partition coefficient (Wildman–Crippen LogP) is 5.38. The Bertz CT molecular complexity index is 232. The van der Waals surface area contributed by atoms with Gasteiger partial charge >= 0.3 is 0 Å². The molecule has 2 rings (SSSR count). The fourth-order valence-corrected chi connectivity index (χ4v) is 4.44. The number of hydrogen-bond donors (Lipinski definition) is 0. The minimum absolute atomic E-state index is 0.950. The highest BCUT2D eigenvalue weighted by atomic mass is 14.4. The molecule has 2 aliphatic rings. The summed E-state index contributed by atoms with van der Waals surface area (Å²) in [5.74, 6) is 6.91. The van der Waals surface area contributed by atoms with Crippen molar-refractivity contribution >= 4 is 0 Å². The van der Waals surface area contributed by atoms with E-state index in [4.69, 9.17) is 0 Å². The molecule has 5 atom stereocenters. The van der Waals surface area contributed by atoms with Gasteiger partial charge in [-0.15, -0.1) is 0 Å². The molecule has 0 heterocycles. The molecule has 0 aromatic carbocycles. The van der Waals surface area contributed by atoms with Gasteiger partial charge in [-0.1, -0.05) is 41.0 Å². The molecule has 2 saturated carbocycles. The Morgan fingerprint density at radius 1 is 0.529 bits per heavy atom. The van der Waals surface area contributed by atoms with Crippen LogP contribution < -0.4 is 0 Å². The van der Waals surface area contributed by atoms with Crippen molar-refractivity contribution in [3.05, 3.63) is 0 Å². The molecule has 2 aliphatic carbocycles. The molecule has 0 aromatic heterocycles. The fourth-order valence-electron chi connectivity index (χ4n) is 4.44. The summed E-state index contributed by atoms with van der Waals surface area (Å²) in [6.45, 7) is 12.4. The molecule has 17 heavy (non-hydrogen) atoms. The van der Waals surface area contributed by atoms with Gasteiger partial charge < -0.3 is 0 Å². The molecule has 0 radical (unpaired) electrons. The summed E-state index contributed by atoms with van der Waals surface area (Å²) >= 11 is 0. The van der Waals surface area contributed by atoms with Crippen molar-refractivity contribution in [2.45, 2.75) is 66.7 Å². The van der Waals surface area contributed by atoms with Gasteiger partial charge in [-0.3, -0.25) is 0 Å². The quantitative estimate of drug-likeness (QED) is 0.573. The van der Waals surface area contributed by atoms with Gasteiger partial charge in [0.1, 0.15) is 0 Å². The van der Waals surface area contributed by atoms with Gasteiger partial charge in [0.25, 0.3) is 0 Å². The van der Waals surface area contributed by atoms with E-state index >= 15 is 0 Å². The van der Waals surface area contributed by atoms with Crippen molar-refractivity contribution in [2.24, 2.45) is 41.4 Å². The normalized spacial score (nSPS) is 52.4. The van der Waals surface area contributed by atoms with Gasteiger partial charge in [0.15, 0.2) is 0 Å². The van der Waals surface area contributed by atoms with Crippen LogP contribution in [0.3, 0.4) is 0 Å². The van der Waals surface area contributed by atoms with Gasteiger partial charge in [-0.25, -0.2) is 0 Å². The summed E-state index contributed by atoms with van der Waals surface area (Å²) < 4.78 is 0. The lowest BCUT2D eigenvalue weighted by Gasteiger charge is -2.44. The summed E-state index contributed by atoms with van der Waals surface area (Å²) in [7, 11) is 0. The van der Waals surface area contributed by atoms with Crippen molar-refractivity contribution in [1.29, 1.82) is 0 Å². The highest BCUT2D eigenvalue weighted by Gasteiger charge is 2.36. The van der Waals surface area contributed by atoms with Crippen LogP contribution in [0.2, 0.25) is 0 Å². The first-order chi connectivity index (χ1) is 7.99. The number of hydrogen-bond acceptors (Lipinski definition) is 0. The van der Waals surface area contributed by atoms with Gasteiger partial charge in [-0.05, 0) is 67.1 Å². The minimum atomic E-state index is 0.950. The van der Waals surface area contributed by atoms with Crippen LogP contribution in [0, 0.1) is 41.4 Å². The van der Waals surface area contributed by atoms with E-state index in [1.165, 1.54) is 32.1 Å². The van der Waals surface area contributed by atoms with Gasteiger partial charge in [0.2, 0.25) is 0 Å². The monoisotopic (exact) mass is 236 g/mol. The van der Waals surface area contributed by atoms with Crippen LogP contribution in [0.5, 0.6) is 0 Å². The Morgan fingerprint density at radius 3 is 1.59 bits per heavy atom. The highest BCUT2D eigenvalue weighted by molar-refractivity contribution is 4.87. The molecule has 0 nitrogen and oxygen atoms in total. The number of rotatable bonds is 1. The lowest BCUT2D eigenvalue weighted by molar-refractivity contribution is 0.0649. The van der Waals surface area contributed by atoms with Crippen molar-refractivity contribution in [2.75, 3.05) is 0 Å². The lowest BCUT2D eigenvalue weighted by atomic mass is 9.62. The van der Waals surface area contributed by atoms with Crippen molar-refractivity contribution in [3.8, 4) is 0 Å². The Balaban J connectivity index is 1.94. The smallest absolute Gasteiger partial charge is 0.0380 e. The third-order valence-electron chi connectivity index (χ3n) is 6.45. The maximum atomic E-state index is 2.49. The average molecular weight is 236 g/mol. The van der Waals surface area contributed by atoms with E-state index in [1.54, 1.807) is 0 Å². The molecule has 2 fully saturated rings. The first-order valence-corrected chi connectivity index (χ1v) is 7.99. The molecule has 0 spiro atoms. The van der Waals surface area contributed by atoms with Crippen molar-refractivity contribution < 1.29 is 0 Å². The van der Waals surface area contributed by atoms with Crippen LogP contribution >= 0.6 is 0 Å². The lowest BCUT2D eigenvalue weighted by Crippen LogP contribution is -2.34. The maximum absolute atomic E-state index is 2.49. The van der Waals surface area contributed by atoms with Crippen molar-refractivity contribution in [3.63, 3.8) is 0 Å². The summed E-state index contributed by atoms with van der Waals surface area (Å²) in [4.78, 5) is 0. The molecule has 0 N–H and O–H groups in total. The van der Waals surface area contributed by atoms with E-state index < -0.39 is 0 Å². The summed E-state index contributed by atoms with van der Waals surface area (Å²) in [6, 6.07) is 0. The molecule has 0 aliphatic heterocycles. The van der Waals surface area contributed by atoms with Crippen LogP contribution in [-0.2, 0) is 0 Å². The Labute approximate surface area is 109 Å². The third kappa shape index (κ3) is 2.88. The fraction of sp³-hybridized carbons (Fsp3) is 1.00.